The van der Waals surface area contributed by atoms with Gasteiger partial charge in [-0.2, -0.15) is 0 Å². The summed E-state index contributed by atoms with van der Waals surface area (Å²) in [6.45, 7) is 3.66. The summed E-state index contributed by atoms with van der Waals surface area (Å²) in [5.74, 6) is -0.352. The van der Waals surface area contributed by atoms with Crippen molar-refractivity contribution in [3.63, 3.8) is 0 Å². The van der Waals surface area contributed by atoms with Crippen LogP contribution in [0.5, 0.6) is 5.75 Å². The van der Waals surface area contributed by atoms with Crippen LogP contribution >= 0.6 is 35.4 Å². The van der Waals surface area contributed by atoms with E-state index in [2.05, 4.69) is 16.2 Å². The van der Waals surface area contributed by atoms with Gasteiger partial charge in [0.25, 0.3) is 11.8 Å². The van der Waals surface area contributed by atoms with Crippen LogP contribution in [0.15, 0.2) is 36.4 Å². The van der Waals surface area contributed by atoms with Gasteiger partial charge in [-0.1, -0.05) is 35.3 Å². The highest BCUT2D eigenvalue weighted by Crippen LogP contribution is 2.20. The lowest BCUT2D eigenvalue weighted by Gasteiger charge is -2.13. The van der Waals surface area contributed by atoms with E-state index in [0.717, 1.165) is 11.1 Å². The van der Waals surface area contributed by atoms with Crippen LogP contribution in [0, 0.1) is 13.8 Å². The maximum absolute atomic E-state index is 12.1. The van der Waals surface area contributed by atoms with Gasteiger partial charge >= 0.3 is 0 Å². The minimum absolute atomic E-state index is 0.0869. The summed E-state index contributed by atoms with van der Waals surface area (Å²) in [5, 5.41) is 2.96. The van der Waals surface area contributed by atoms with Gasteiger partial charge in [-0.25, -0.2) is 0 Å². The molecule has 0 aliphatic carbocycles. The quantitative estimate of drug-likeness (QED) is 0.517. The van der Waals surface area contributed by atoms with Crippen LogP contribution in [-0.2, 0) is 4.79 Å². The van der Waals surface area contributed by atoms with Crippen molar-refractivity contribution in [1.82, 2.24) is 16.2 Å². The molecule has 2 aromatic rings. The smallest absolute Gasteiger partial charge is 0.276 e. The molecule has 0 spiro atoms. The van der Waals surface area contributed by atoms with E-state index in [-0.39, 0.29) is 17.3 Å². The van der Waals surface area contributed by atoms with Gasteiger partial charge in [-0.05, 0) is 61.5 Å². The molecule has 0 radical (unpaired) electrons. The number of hydrogen-bond donors (Lipinski definition) is 3. The van der Waals surface area contributed by atoms with Gasteiger partial charge in [-0.15, -0.1) is 0 Å². The van der Waals surface area contributed by atoms with Gasteiger partial charge in [0.15, 0.2) is 11.7 Å². The lowest BCUT2D eigenvalue weighted by molar-refractivity contribution is -0.123. The van der Waals surface area contributed by atoms with Crippen molar-refractivity contribution < 1.29 is 14.3 Å². The average Bonchev–Trinajstić information content (AvgIpc) is 2.60. The van der Waals surface area contributed by atoms with Crippen LogP contribution in [0.1, 0.15) is 21.5 Å². The number of carbonyl (C=O) groups excluding carboxylic acids is 2. The third kappa shape index (κ3) is 6.39. The molecule has 0 saturated carbocycles. The molecule has 2 rings (SSSR count). The molecule has 3 N–H and O–H groups in total. The average molecular weight is 426 g/mol. The summed E-state index contributed by atoms with van der Waals surface area (Å²) in [6.07, 6.45) is 0. The van der Waals surface area contributed by atoms with Crippen LogP contribution < -0.4 is 20.9 Å². The number of halogens is 2. The van der Waals surface area contributed by atoms with E-state index in [1.807, 2.05) is 26.0 Å². The van der Waals surface area contributed by atoms with Crippen LogP contribution in [0.2, 0.25) is 10.0 Å². The van der Waals surface area contributed by atoms with E-state index < -0.39 is 11.8 Å². The Labute approximate surface area is 172 Å². The molecule has 9 heteroatoms. The Hall–Kier alpha value is -2.35. The Balaban J connectivity index is 1.80. The zero-order chi connectivity index (χ0) is 20.0. The zero-order valence-electron chi connectivity index (χ0n) is 14.6. The van der Waals surface area contributed by atoms with E-state index in [1.165, 1.54) is 18.2 Å². The Morgan fingerprint density at radius 1 is 1.07 bits per heavy atom. The number of amides is 2. The van der Waals surface area contributed by atoms with Crippen molar-refractivity contribution >= 4 is 52.3 Å². The standard InChI is InChI=1S/C18H17Cl2N3O3S/c1-10-4-3-5-15(11(10)2)26-9-16(24)22-23-18(27)21-17(25)12-6-13(19)8-14(20)7-12/h3-8H,9H2,1-2H3,(H,22,24)(H2,21,23,25,27). The topological polar surface area (TPSA) is 79.5 Å². The summed E-state index contributed by atoms with van der Waals surface area (Å²) < 4.78 is 5.48. The highest BCUT2D eigenvalue weighted by Gasteiger charge is 2.11. The third-order valence-electron chi connectivity index (χ3n) is 3.58. The predicted molar refractivity (Wildman–Crippen MR) is 109 cm³/mol. The van der Waals surface area contributed by atoms with Crippen molar-refractivity contribution in [1.29, 1.82) is 0 Å². The summed E-state index contributed by atoms with van der Waals surface area (Å²) in [6, 6.07) is 9.99. The van der Waals surface area contributed by atoms with Crippen molar-refractivity contribution in [2.24, 2.45) is 0 Å². The molecule has 0 bridgehead atoms. The van der Waals surface area contributed by atoms with Crippen molar-refractivity contribution in [3.8, 4) is 5.75 Å². The number of nitrogens with one attached hydrogen (secondary N) is 3. The molecule has 2 aromatic carbocycles. The van der Waals surface area contributed by atoms with Crippen LogP contribution in [0.25, 0.3) is 0 Å². The fourth-order valence-corrected chi connectivity index (χ4v) is 2.75. The highest BCUT2D eigenvalue weighted by atomic mass is 35.5. The molecule has 0 aliphatic rings. The number of thiocarbonyl (C=S) groups is 1. The van der Waals surface area contributed by atoms with E-state index in [1.54, 1.807) is 6.07 Å². The van der Waals surface area contributed by atoms with E-state index in [4.69, 9.17) is 40.2 Å². The summed E-state index contributed by atoms with van der Waals surface area (Å²) in [7, 11) is 0. The number of aryl methyl sites for hydroxylation is 1. The molecule has 27 heavy (non-hydrogen) atoms. The number of rotatable bonds is 4. The summed E-state index contributed by atoms with van der Waals surface area (Å²) in [5.41, 5.74) is 7.04. The first-order valence-corrected chi connectivity index (χ1v) is 8.98. The second kappa shape index (κ2) is 9.55. The first kappa shape index (κ1) is 21.0. The SMILES string of the molecule is Cc1cccc(OCC(=O)NNC(=S)NC(=O)c2cc(Cl)cc(Cl)c2)c1C. The van der Waals surface area contributed by atoms with Crippen molar-refractivity contribution in [2.75, 3.05) is 6.61 Å². The van der Waals surface area contributed by atoms with Gasteiger partial charge in [0.1, 0.15) is 5.75 Å². The molecule has 0 aliphatic heterocycles. The van der Waals surface area contributed by atoms with E-state index in [9.17, 15) is 9.59 Å². The summed E-state index contributed by atoms with van der Waals surface area (Å²) >= 11 is 16.7. The number of hydrogen-bond acceptors (Lipinski definition) is 4. The van der Waals surface area contributed by atoms with Crippen molar-refractivity contribution in [2.45, 2.75) is 13.8 Å². The Morgan fingerprint density at radius 3 is 2.41 bits per heavy atom. The molecule has 0 fully saturated rings. The molecule has 142 valence electrons. The third-order valence-corrected chi connectivity index (χ3v) is 4.22. The zero-order valence-corrected chi connectivity index (χ0v) is 16.9. The van der Waals surface area contributed by atoms with Gasteiger partial charge in [0.2, 0.25) is 0 Å². The molecule has 0 heterocycles. The lowest BCUT2D eigenvalue weighted by atomic mass is 10.1. The largest absolute Gasteiger partial charge is 0.483 e. The van der Waals surface area contributed by atoms with E-state index >= 15 is 0 Å². The number of carbonyl (C=O) groups is 2. The van der Waals surface area contributed by atoms with Crippen molar-refractivity contribution in [3.05, 3.63) is 63.1 Å². The molecule has 0 aromatic heterocycles. The predicted octanol–water partition coefficient (Wildman–Crippen LogP) is 3.32. The van der Waals surface area contributed by atoms with E-state index in [0.29, 0.717) is 15.8 Å². The molecule has 0 unspecified atom stereocenters. The molecule has 6 nitrogen and oxygen atoms in total. The first-order valence-electron chi connectivity index (χ1n) is 7.81. The Kier molecular flexibility index (Phi) is 7.41. The molecule has 0 saturated heterocycles. The molecular formula is C18H17Cl2N3O3S. The molecule has 0 atom stereocenters. The number of hydrazine groups is 1. The fourth-order valence-electron chi connectivity index (χ4n) is 2.08. The fraction of sp³-hybridized carbons (Fsp3) is 0.167. The van der Waals surface area contributed by atoms with Crippen LogP contribution in [0.4, 0.5) is 0 Å². The minimum atomic E-state index is -0.516. The number of benzene rings is 2. The Bertz CT molecular complexity index is 870. The van der Waals surface area contributed by atoms with Gasteiger partial charge < -0.3 is 4.74 Å². The van der Waals surface area contributed by atoms with Crippen LogP contribution in [-0.4, -0.2) is 23.5 Å². The molecule has 2 amide bonds. The first-order chi connectivity index (χ1) is 12.8. The molecular weight excluding hydrogens is 409 g/mol. The minimum Gasteiger partial charge on any atom is -0.483 e. The lowest BCUT2D eigenvalue weighted by Crippen LogP contribution is -2.49. The van der Waals surface area contributed by atoms with Gasteiger partial charge in [0, 0.05) is 15.6 Å². The van der Waals surface area contributed by atoms with Gasteiger partial charge in [0.05, 0.1) is 0 Å². The summed E-state index contributed by atoms with van der Waals surface area (Å²) in [4.78, 5) is 23.9. The second-order valence-electron chi connectivity index (χ2n) is 5.60. The maximum atomic E-state index is 12.1. The monoisotopic (exact) mass is 425 g/mol. The highest BCUT2D eigenvalue weighted by molar-refractivity contribution is 7.80. The number of ether oxygens (including phenoxy) is 1. The Morgan fingerprint density at radius 2 is 1.74 bits per heavy atom. The normalized spacial score (nSPS) is 10.1. The maximum Gasteiger partial charge on any atom is 0.276 e. The van der Waals surface area contributed by atoms with Crippen LogP contribution in [0.3, 0.4) is 0 Å². The second-order valence-corrected chi connectivity index (χ2v) is 6.88. The van der Waals surface area contributed by atoms with Gasteiger partial charge in [-0.3, -0.25) is 25.8 Å².